The molecule has 0 fully saturated rings. The lowest BCUT2D eigenvalue weighted by atomic mass is 10.2. The van der Waals surface area contributed by atoms with E-state index in [0.29, 0.717) is 16.8 Å². The minimum absolute atomic E-state index is 0.0776. The minimum atomic E-state index is -0.431. The molecule has 6 heteroatoms. The smallest absolute Gasteiger partial charge is 0.325 e. The number of carbonyl (C=O) groups excluding carboxylic acids is 2. The van der Waals surface area contributed by atoms with Gasteiger partial charge in [-0.05, 0) is 43.5 Å². The van der Waals surface area contributed by atoms with Crippen molar-refractivity contribution < 1.29 is 18.7 Å². The summed E-state index contributed by atoms with van der Waals surface area (Å²) in [6, 6.07) is 6.06. The normalized spacial score (nSPS) is 10.6. The van der Waals surface area contributed by atoms with Crippen LogP contribution in [0.3, 0.4) is 0 Å². The molecule has 0 radical (unpaired) electrons. The first-order chi connectivity index (χ1) is 10.0. The van der Waals surface area contributed by atoms with Crippen LogP contribution in [0.25, 0.3) is 10.1 Å². The van der Waals surface area contributed by atoms with Crippen molar-refractivity contribution >= 4 is 33.3 Å². The van der Waals surface area contributed by atoms with Crippen molar-refractivity contribution in [2.45, 2.75) is 13.8 Å². The number of hydrogen-bond donors (Lipinski definition) is 0. The highest BCUT2D eigenvalue weighted by molar-refractivity contribution is 7.20. The lowest BCUT2D eigenvalue weighted by Gasteiger charge is -2.18. The molecule has 0 unspecified atom stereocenters. The van der Waals surface area contributed by atoms with Gasteiger partial charge in [0.1, 0.15) is 12.4 Å². The zero-order valence-corrected chi connectivity index (χ0v) is 12.7. The largest absolute Gasteiger partial charge is 0.465 e. The highest BCUT2D eigenvalue weighted by Crippen LogP contribution is 2.27. The van der Waals surface area contributed by atoms with E-state index < -0.39 is 5.97 Å². The van der Waals surface area contributed by atoms with Gasteiger partial charge in [0.15, 0.2) is 0 Å². The number of amides is 1. The van der Waals surface area contributed by atoms with Crippen molar-refractivity contribution in [3.63, 3.8) is 0 Å². The van der Waals surface area contributed by atoms with Crippen LogP contribution in [0.1, 0.15) is 23.5 Å². The van der Waals surface area contributed by atoms with E-state index in [1.165, 1.54) is 28.4 Å². The Morgan fingerprint density at radius 3 is 2.71 bits per heavy atom. The number of halogens is 1. The van der Waals surface area contributed by atoms with Crippen LogP contribution in [0.5, 0.6) is 0 Å². The number of hydrogen-bond acceptors (Lipinski definition) is 4. The number of thiophene rings is 1. The first kappa shape index (κ1) is 15.4. The lowest BCUT2D eigenvalue weighted by molar-refractivity contribution is -0.143. The Morgan fingerprint density at radius 1 is 1.29 bits per heavy atom. The molecular weight excluding hydrogens is 293 g/mol. The fourth-order valence-electron chi connectivity index (χ4n) is 1.97. The maximum atomic E-state index is 13.2. The van der Waals surface area contributed by atoms with Crippen LogP contribution < -0.4 is 0 Å². The average Bonchev–Trinajstić information content (AvgIpc) is 2.87. The summed E-state index contributed by atoms with van der Waals surface area (Å²) in [5.74, 6) is -1.01. The number of rotatable bonds is 5. The van der Waals surface area contributed by atoms with Gasteiger partial charge in [-0.1, -0.05) is 0 Å². The number of esters is 1. The molecule has 1 aromatic carbocycles. The number of nitrogens with zero attached hydrogens (tertiary/aromatic N) is 1. The molecule has 0 spiro atoms. The molecule has 0 aliphatic rings. The number of ether oxygens (including phenoxy) is 1. The molecule has 21 heavy (non-hydrogen) atoms. The Bertz CT molecular complexity index is 668. The van der Waals surface area contributed by atoms with Crippen LogP contribution in [0.15, 0.2) is 24.3 Å². The van der Waals surface area contributed by atoms with Crippen LogP contribution in [-0.2, 0) is 9.53 Å². The molecule has 1 heterocycles. The third-order valence-corrected chi connectivity index (χ3v) is 4.09. The molecule has 0 bridgehead atoms. The summed E-state index contributed by atoms with van der Waals surface area (Å²) >= 11 is 1.29. The molecule has 2 rings (SSSR count). The van der Waals surface area contributed by atoms with Gasteiger partial charge >= 0.3 is 5.97 Å². The van der Waals surface area contributed by atoms with E-state index >= 15 is 0 Å². The first-order valence-corrected chi connectivity index (χ1v) is 7.50. The molecule has 0 aliphatic heterocycles. The van der Waals surface area contributed by atoms with Crippen molar-refractivity contribution in [1.29, 1.82) is 0 Å². The fraction of sp³-hybridized carbons (Fsp3) is 0.333. The van der Waals surface area contributed by atoms with Gasteiger partial charge in [0.2, 0.25) is 0 Å². The van der Waals surface area contributed by atoms with E-state index in [9.17, 15) is 14.0 Å². The number of likely N-dealkylation sites (N-methyl/N-ethyl adjacent to an activating group) is 1. The molecule has 1 aromatic heterocycles. The fourth-order valence-corrected chi connectivity index (χ4v) is 2.98. The van der Waals surface area contributed by atoms with Crippen molar-refractivity contribution in [2.75, 3.05) is 19.7 Å². The second-order valence-corrected chi connectivity index (χ2v) is 5.50. The molecule has 4 nitrogen and oxygen atoms in total. The van der Waals surface area contributed by atoms with Gasteiger partial charge in [-0.25, -0.2) is 4.39 Å². The topological polar surface area (TPSA) is 46.6 Å². The highest BCUT2D eigenvalue weighted by Gasteiger charge is 2.20. The van der Waals surface area contributed by atoms with Gasteiger partial charge in [0, 0.05) is 11.2 Å². The first-order valence-electron chi connectivity index (χ1n) is 6.69. The summed E-state index contributed by atoms with van der Waals surface area (Å²) in [5.41, 5.74) is 0. The van der Waals surface area contributed by atoms with Crippen LogP contribution in [-0.4, -0.2) is 36.5 Å². The monoisotopic (exact) mass is 309 g/mol. The van der Waals surface area contributed by atoms with Crippen LogP contribution in [0.4, 0.5) is 4.39 Å². The summed E-state index contributed by atoms with van der Waals surface area (Å²) in [7, 11) is 0. The predicted molar refractivity (Wildman–Crippen MR) is 80.0 cm³/mol. The predicted octanol–water partition coefficient (Wildman–Crippen LogP) is 3.07. The van der Waals surface area contributed by atoms with Gasteiger partial charge in [0.05, 0.1) is 11.5 Å². The quantitative estimate of drug-likeness (QED) is 0.798. The molecule has 0 N–H and O–H groups in total. The molecule has 1 amide bonds. The summed E-state index contributed by atoms with van der Waals surface area (Å²) in [4.78, 5) is 25.8. The maximum absolute atomic E-state index is 13.2. The summed E-state index contributed by atoms with van der Waals surface area (Å²) in [6.07, 6.45) is 0. The number of carbonyl (C=O) groups is 2. The molecule has 0 aliphatic carbocycles. The second kappa shape index (κ2) is 6.67. The van der Waals surface area contributed by atoms with E-state index in [2.05, 4.69) is 0 Å². The number of benzene rings is 1. The van der Waals surface area contributed by atoms with Gasteiger partial charge in [0.25, 0.3) is 5.91 Å². The minimum Gasteiger partial charge on any atom is -0.465 e. The zero-order chi connectivity index (χ0) is 15.4. The van der Waals surface area contributed by atoms with E-state index in [1.54, 1.807) is 26.0 Å². The average molecular weight is 309 g/mol. The van der Waals surface area contributed by atoms with Gasteiger partial charge < -0.3 is 9.64 Å². The molecule has 112 valence electrons. The van der Waals surface area contributed by atoms with Crippen LogP contribution in [0, 0.1) is 5.82 Å². The van der Waals surface area contributed by atoms with E-state index in [0.717, 1.165) is 4.70 Å². The second-order valence-electron chi connectivity index (χ2n) is 4.42. The van der Waals surface area contributed by atoms with Gasteiger partial charge in [-0.2, -0.15) is 0 Å². The lowest BCUT2D eigenvalue weighted by Crippen LogP contribution is -2.35. The highest BCUT2D eigenvalue weighted by atomic mass is 32.1. The molecule has 2 aromatic rings. The summed E-state index contributed by atoms with van der Waals surface area (Å²) in [5, 5.41) is 0.690. The van der Waals surface area contributed by atoms with Crippen molar-refractivity contribution in [3.8, 4) is 0 Å². The molecule has 0 saturated carbocycles. The SMILES string of the molecule is CCOC(=O)CN(CC)C(=O)c1cc2cc(F)ccc2s1. The number of fused-ring (bicyclic) bond motifs is 1. The zero-order valence-electron chi connectivity index (χ0n) is 11.9. The Labute approximate surface area is 126 Å². The van der Waals surface area contributed by atoms with E-state index in [1.807, 2.05) is 0 Å². The van der Waals surface area contributed by atoms with Crippen LogP contribution in [0.2, 0.25) is 0 Å². The van der Waals surface area contributed by atoms with Crippen LogP contribution >= 0.6 is 11.3 Å². The Morgan fingerprint density at radius 2 is 2.05 bits per heavy atom. The van der Waals surface area contributed by atoms with Crippen molar-refractivity contribution in [1.82, 2.24) is 4.90 Å². The van der Waals surface area contributed by atoms with Crippen molar-refractivity contribution in [3.05, 3.63) is 35.0 Å². The van der Waals surface area contributed by atoms with E-state index in [4.69, 9.17) is 4.74 Å². The maximum Gasteiger partial charge on any atom is 0.325 e. The molecule has 0 atom stereocenters. The van der Waals surface area contributed by atoms with Gasteiger partial charge in [-0.3, -0.25) is 9.59 Å². The molecular formula is C15H16FNO3S. The standard InChI is InChI=1S/C15H16FNO3S/c1-3-17(9-14(18)20-4-2)15(19)13-8-10-7-11(16)5-6-12(10)21-13/h5-8H,3-4,9H2,1-2H3. The Hall–Kier alpha value is -1.95. The van der Waals surface area contributed by atoms with E-state index in [-0.39, 0.29) is 24.9 Å². The summed E-state index contributed by atoms with van der Waals surface area (Å²) in [6.45, 7) is 4.12. The van der Waals surface area contributed by atoms with Gasteiger partial charge in [-0.15, -0.1) is 11.3 Å². The third-order valence-electron chi connectivity index (χ3n) is 2.98. The Balaban J connectivity index is 2.20. The molecule has 0 saturated heterocycles. The summed E-state index contributed by atoms with van der Waals surface area (Å²) < 4.78 is 18.9. The van der Waals surface area contributed by atoms with Crippen molar-refractivity contribution in [2.24, 2.45) is 0 Å². The third kappa shape index (κ3) is 3.58. The Kier molecular flexibility index (Phi) is 4.90.